The molecule has 2 fully saturated rings. The lowest BCUT2D eigenvalue weighted by Crippen LogP contribution is -2.47. The molecule has 2 atom stereocenters. The fourth-order valence-corrected chi connectivity index (χ4v) is 6.15. The number of fused-ring (bicyclic) bond motifs is 2. The molecule has 2 unspecified atom stereocenters. The van der Waals surface area contributed by atoms with E-state index in [1.807, 2.05) is 6.92 Å². The second kappa shape index (κ2) is 8.84. The summed E-state index contributed by atoms with van der Waals surface area (Å²) in [6, 6.07) is 3.43. The van der Waals surface area contributed by atoms with E-state index < -0.39 is 45.5 Å². The average Bonchev–Trinajstić information content (AvgIpc) is 3.26. The molecule has 1 aromatic carbocycles. The molecule has 11 nitrogen and oxygen atoms in total. The van der Waals surface area contributed by atoms with Crippen molar-refractivity contribution < 1.29 is 31.9 Å². The van der Waals surface area contributed by atoms with Crippen molar-refractivity contribution in [3.63, 3.8) is 0 Å². The molecule has 1 aromatic heterocycles. The maximum atomic E-state index is 13.6. The number of rotatable bonds is 3. The van der Waals surface area contributed by atoms with E-state index in [1.165, 1.54) is 40.9 Å². The number of carbonyl (C=O) groups is 3. The summed E-state index contributed by atoms with van der Waals surface area (Å²) in [6.45, 7) is 3.58. The van der Waals surface area contributed by atoms with Gasteiger partial charge < -0.3 is 24.8 Å². The molecule has 1 aliphatic carbocycles. The van der Waals surface area contributed by atoms with Crippen LogP contribution in [0, 0.1) is 18.7 Å². The van der Waals surface area contributed by atoms with E-state index in [1.54, 1.807) is 6.92 Å². The smallest absolute Gasteiger partial charge is 0.311 e. The molecule has 1 saturated heterocycles. The number of ether oxygens (including phenoxy) is 1. The van der Waals surface area contributed by atoms with Crippen molar-refractivity contribution in [1.82, 2.24) is 19.5 Å². The Bertz CT molecular complexity index is 1420. The zero-order valence-corrected chi connectivity index (χ0v) is 21.4. The number of halogens is 1. The molecule has 198 valence electrons. The van der Waals surface area contributed by atoms with Gasteiger partial charge in [0.1, 0.15) is 10.7 Å². The molecule has 3 amide bonds. The number of aromatic nitrogens is 1. The van der Waals surface area contributed by atoms with Crippen LogP contribution in [0.5, 0.6) is 5.75 Å². The highest BCUT2D eigenvalue weighted by molar-refractivity contribution is 7.89. The number of aryl methyl sites for hydroxylation is 2. The van der Waals surface area contributed by atoms with Crippen molar-refractivity contribution in [2.45, 2.75) is 43.2 Å². The predicted molar refractivity (Wildman–Crippen MR) is 130 cm³/mol. The van der Waals surface area contributed by atoms with E-state index >= 15 is 0 Å². The third-order valence-corrected chi connectivity index (χ3v) is 8.59. The first-order valence-corrected chi connectivity index (χ1v) is 13.4. The molecule has 13 heteroatoms. The molecule has 0 radical (unpaired) electrons. The summed E-state index contributed by atoms with van der Waals surface area (Å²) < 4.78 is 50.0. The molecule has 3 N–H and O–H groups in total. The van der Waals surface area contributed by atoms with Crippen molar-refractivity contribution >= 4 is 33.4 Å². The van der Waals surface area contributed by atoms with Crippen LogP contribution in [0.2, 0.25) is 0 Å². The van der Waals surface area contributed by atoms with Gasteiger partial charge in [0.25, 0.3) is 5.91 Å². The Labute approximate surface area is 213 Å². The number of hydrogen-bond donors (Lipinski definition) is 3. The summed E-state index contributed by atoms with van der Waals surface area (Å²) in [7, 11) is -2.61. The maximum absolute atomic E-state index is 13.6. The Morgan fingerprint density at radius 1 is 1.22 bits per heavy atom. The number of anilines is 1. The fraction of sp³-hybridized carbons (Fsp3) is 0.458. The molecule has 1 saturated carbocycles. The minimum Gasteiger partial charge on any atom is -0.489 e. The van der Waals surface area contributed by atoms with Crippen molar-refractivity contribution in [1.29, 1.82) is 0 Å². The molecule has 0 spiro atoms. The molecule has 37 heavy (non-hydrogen) atoms. The second-order valence-corrected chi connectivity index (χ2v) is 11.9. The zero-order valence-electron chi connectivity index (χ0n) is 20.6. The van der Waals surface area contributed by atoms with E-state index in [0.717, 1.165) is 12.8 Å². The van der Waals surface area contributed by atoms with Gasteiger partial charge in [0.2, 0.25) is 10.0 Å². The summed E-state index contributed by atoms with van der Waals surface area (Å²) in [6.07, 6.45) is 2.89. The van der Waals surface area contributed by atoms with Gasteiger partial charge in [-0.1, -0.05) is 0 Å². The van der Waals surface area contributed by atoms with Crippen molar-refractivity contribution in [3.05, 3.63) is 41.5 Å². The van der Waals surface area contributed by atoms with Crippen LogP contribution in [0.15, 0.2) is 29.3 Å². The number of hydrogen-bond acceptors (Lipinski definition) is 6. The van der Waals surface area contributed by atoms with E-state index in [-0.39, 0.29) is 41.6 Å². The number of amides is 3. The van der Waals surface area contributed by atoms with Crippen LogP contribution in [0.4, 0.5) is 10.1 Å². The minimum absolute atomic E-state index is 0.0171. The molecular weight excluding hydrogens is 505 g/mol. The number of nitrogens with one attached hydrogen (secondary N) is 3. The van der Waals surface area contributed by atoms with E-state index in [2.05, 4.69) is 15.4 Å². The van der Waals surface area contributed by atoms with Gasteiger partial charge in [-0.2, -0.15) is 0 Å². The van der Waals surface area contributed by atoms with Gasteiger partial charge in [0.15, 0.2) is 11.4 Å². The van der Waals surface area contributed by atoms with Crippen molar-refractivity contribution in [2.24, 2.45) is 13.0 Å². The lowest BCUT2D eigenvalue weighted by atomic mass is 10.1. The third-order valence-electron chi connectivity index (χ3n) is 7.11. The molecule has 2 aromatic rings. The highest BCUT2D eigenvalue weighted by Gasteiger charge is 2.45. The van der Waals surface area contributed by atoms with Gasteiger partial charge in [-0.15, -0.1) is 0 Å². The first kappa shape index (κ1) is 25.2. The first-order chi connectivity index (χ1) is 17.4. The van der Waals surface area contributed by atoms with Crippen LogP contribution in [0.3, 0.4) is 0 Å². The van der Waals surface area contributed by atoms with Crippen LogP contribution < -0.4 is 20.1 Å². The summed E-state index contributed by atoms with van der Waals surface area (Å²) in [4.78, 5) is 39.3. The molecule has 3 aliphatic rings. The zero-order chi connectivity index (χ0) is 26.7. The molecule has 3 heterocycles. The highest BCUT2D eigenvalue weighted by atomic mass is 32.2. The SMILES string of the molecule is Cc1cc(NC(=O)c2c3c(cn2C)S(=O)(=O)NC2CN(C(=O)C(=O)NC4(C)CC4)CC2CO3)ccc1F. The molecular formula is C24H28FN5O6S. The Balaban J connectivity index is 1.36. The number of carbonyl (C=O) groups excluding carboxylic acids is 3. The van der Waals surface area contributed by atoms with Gasteiger partial charge >= 0.3 is 11.8 Å². The number of sulfonamides is 1. The molecule has 2 aliphatic heterocycles. The van der Waals surface area contributed by atoms with Gasteiger partial charge in [-0.3, -0.25) is 14.4 Å². The van der Waals surface area contributed by atoms with Crippen LogP contribution in [-0.4, -0.2) is 66.9 Å². The van der Waals surface area contributed by atoms with Crippen molar-refractivity contribution in [3.8, 4) is 5.75 Å². The quantitative estimate of drug-likeness (QED) is 0.501. The largest absolute Gasteiger partial charge is 0.489 e. The Kier molecular flexibility index (Phi) is 6.02. The Morgan fingerprint density at radius 3 is 2.62 bits per heavy atom. The minimum atomic E-state index is -4.13. The normalized spacial score (nSPS) is 23.1. The van der Waals surface area contributed by atoms with Crippen LogP contribution in [0.25, 0.3) is 0 Å². The average molecular weight is 534 g/mol. The standard InChI is InChI=1S/C24H28FN5O6S/c1-13-8-15(4-5-16(13)25)26-21(31)19-20-18(11-29(19)3)37(34,35)28-17-10-30(9-14(17)12-36-20)23(33)22(32)27-24(2)6-7-24/h4-5,8,11,14,17,28H,6-7,9-10,12H2,1-3H3,(H,26,31)(H,27,32). The van der Waals surface area contributed by atoms with E-state index in [9.17, 15) is 27.2 Å². The monoisotopic (exact) mass is 533 g/mol. The topological polar surface area (TPSA) is 139 Å². The van der Waals surface area contributed by atoms with Gasteiger partial charge in [0, 0.05) is 49.5 Å². The fourth-order valence-electron chi connectivity index (χ4n) is 4.66. The molecule has 0 bridgehead atoms. The summed E-state index contributed by atoms with van der Waals surface area (Å²) >= 11 is 0. The van der Waals surface area contributed by atoms with Crippen molar-refractivity contribution in [2.75, 3.05) is 25.0 Å². The maximum Gasteiger partial charge on any atom is 0.311 e. The lowest BCUT2D eigenvalue weighted by molar-refractivity contribution is -0.145. The van der Waals surface area contributed by atoms with E-state index in [0.29, 0.717) is 11.3 Å². The number of benzene rings is 1. The van der Waals surface area contributed by atoms with Crippen LogP contribution in [-0.2, 0) is 26.7 Å². The van der Waals surface area contributed by atoms with Gasteiger partial charge in [0.05, 0.1) is 6.61 Å². The molecule has 5 rings (SSSR count). The predicted octanol–water partition coefficient (Wildman–Crippen LogP) is 0.891. The summed E-state index contributed by atoms with van der Waals surface area (Å²) in [5.74, 6) is -3.03. The highest BCUT2D eigenvalue weighted by Crippen LogP contribution is 2.36. The number of likely N-dealkylation sites (tertiary alicyclic amines) is 1. The third kappa shape index (κ3) is 4.80. The van der Waals surface area contributed by atoms with Crippen LogP contribution in [0.1, 0.15) is 35.8 Å². The van der Waals surface area contributed by atoms with E-state index in [4.69, 9.17) is 4.74 Å². The van der Waals surface area contributed by atoms with Crippen LogP contribution >= 0.6 is 0 Å². The second-order valence-electron chi connectivity index (χ2n) is 10.2. The van der Waals surface area contributed by atoms with Gasteiger partial charge in [-0.25, -0.2) is 17.5 Å². The first-order valence-electron chi connectivity index (χ1n) is 11.9. The lowest BCUT2D eigenvalue weighted by Gasteiger charge is -2.23. The Morgan fingerprint density at radius 2 is 1.95 bits per heavy atom. The van der Waals surface area contributed by atoms with Gasteiger partial charge in [-0.05, 0) is 50.5 Å². The number of nitrogens with zero attached hydrogens (tertiary/aromatic N) is 2. The summed E-state index contributed by atoms with van der Waals surface area (Å²) in [5, 5.41) is 5.38. The Hall–Kier alpha value is -3.45. The summed E-state index contributed by atoms with van der Waals surface area (Å²) in [5.41, 5.74) is 0.303.